The van der Waals surface area contributed by atoms with Crippen molar-refractivity contribution in [1.29, 1.82) is 0 Å². The highest BCUT2D eigenvalue weighted by atomic mass is 32.2. The Morgan fingerprint density at radius 3 is 2.84 bits per heavy atom. The Hall–Kier alpha value is -0.920. The molecule has 0 fully saturated rings. The average Bonchev–Trinajstić information content (AvgIpc) is 3.05. The Balaban J connectivity index is 2.08. The second kappa shape index (κ2) is 6.49. The molecule has 0 radical (unpaired) electrons. The van der Waals surface area contributed by atoms with Crippen molar-refractivity contribution in [2.24, 2.45) is 0 Å². The minimum absolute atomic E-state index is 0.244. The number of methoxy groups -OCH3 is 1. The largest absolute Gasteiger partial charge is 0.468 e. The number of hydrogen-bond acceptors (Lipinski definition) is 7. The third-order valence-electron chi connectivity index (χ3n) is 2.44. The lowest BCUT2D eigenvalue weighted by atomic mass is 10.4. The Labute approximate surface area is 124 Å². The molecule has 19 heavy (non-hydrogen) atoms. The lowest BCUT2D eigenvalue weighted by Gasteiger charge is -2.04. The Bertz CT molecular complexity index is 565. The first kappa shape index (κ1) is 14.5. The summed E-state index contributed by atoms with van der Waals surface area (Å²) in [5.74, 6) is -0.244. The molecule has 102 valence electrons. The van der Waals surface area contributed by atoms with Crippen LogP contribution in [0, 0.1) is 0 Å². The second-order valence-corrected chi connectivity index (χ2v) is 7.51. The molecule has 2 aromatic rings. The van der Waals surface area contributed by atoms with Gasteiger partial charge in [-0.2, -0.15) is 0 Å². The number of nitrogens with zero attached hydrogens (tertiary/aromatic N) is 2. The van der Waals surface area contributed by atoms with Crippen LogP contribution in [0.5, 0.6) is 0 Å². The molecule has 0 aliphatic carbocycles. The Morgan fingerprint density at radius 1 is 1.42 bits per heavy atom. The lowest BCUT2D eigenvalue weighted by molar-refractivity contribution is -0.139. The van der Waals surface area contributed by atoms with Gasteiger partial charge in [0.05, 0.1) is 12.0 Å². The van der Waals surface area contributed by atoms with E-state index in [9.17, 15) is 4.79 Å². The number of ether oxygens (including phenoxy) is 1. The number of hydrogen-bond donors (Lipinski definition) is 0. The molecule has 4 nitrogen and oxygen atoms in total. The molecule has 2 aromatic heterocycles. The number of aromatic nitrogens is 2. The van der Waals surface area contributed by atoms with E-state index >= 15 is 0 Å². The molecule has 2 rings (SSSR count). The SMILES string of the molecule is CCc1ccc(-c2nnc(SC(C)C(=O)OC)s2)s1. The average molecular weight is 314 g/mol. The van der Waals surface area contributed by atoms with E-state index in [1.165, 1.54) is 35.1 Å². The number of carbonyl (C=O) groups excluding carboxylic acids is 1. The first-order chi connectivity index (χ1) is 9.13. The number of rotatable bonds is 5. The molecular formula is C12H14N2O2S3. The standard InChI is InChI=1S/C12H14N2O2S3/c1-4-8-5-6-9(18-8)10-13-14-12(19-10)17-7(2)11(15)16-3/h5-7H,4H2,1-3H3. The summed E-state index contributed by atoms with van der Waals surface area (Å²) in [6.07, 6.45) is 1.03. The lowest BCUT2D eigenvalue weighted by Crippen LogP contribution is -2.14. The molecule has 1 unspecified atom stereocenters. The van der Waals surface area contributed by atoms with E-state index in [0.29, 0.717) is 0 Å². The van der Waals surface area contributed by atoms with Gasteiger partial charge in [0.2, 0.25) is 0 Å². The summed E-state index contributed by atoms with van der Waals surface area (Å²) in [6, 6.07) is 4.19. The Morgan fingerprint density at radius 2 is 2.21 bits per heavy atom. The quantitative estimate of drug-likeness (QED) is 0.624. The van der Waals surface area contributed by atoms with Crippen molar-refractivity contribution in [2.75, 3.05) is 7.11 Å². The smallest absolute Gasteiger partial charge is 0.318 e. The van der Waals surface area contributed by atoms with Gasteiger partial charge in [0.25, 0.3) is 0 Å². The maximum atomic E-state index is 11.4. The highest BCUT2D eigenvalue weighted by molar-refractivity contribution is 8.02. The summed E-state index contributed by atoms with van der Waals surface area (Å²) in [6.45, 7) is 3.94. The van der Waals surface area contributed by atoms with Gasteiger partial charge in [-0.25, -0.2) is 0 Å². The predicted molar refractivity (Wildman–Crippen MR) is 79.9 cm³/mol. The minimum Gasteiger partial charge on any atom is -0.468 e. The van der Waals surface area contributed by atoms with Gasteiger partial charge in [-0.15, -0.1) is 21.5 Å². The molecule has 0 aromatic carbocycles. The van der Waals surface area contributed by atoms with E-state index in [0.717, 1.165) is 20.6 Å². The molecule has 7 heteroatoms. The zero-order valence-electron chi connectivity index (χ0n) is 10.9. The fraction of sp³-hybridized carbons (Fsp3) is 0.417. The molecule has 0 aliphatic heterocycles. The molecule has 0 saturated heterocycles. The van der Waals surface area contributed by atoms with Gasteiger partial charge in [-0.3, -0.25) is 4.79 Å². The zero-order valence-corrected chi connectivity index (χ0v) is 13.3. The number of aryl methyl sites for hydroxylation is 1. The van der Waals surface area contributed by atoms with Crippen LogP contribution in [0.4, 0.5) is 0 Å². The topological polar surface area (TPSA) is 52.1 Å². The van der Waals surface area contributed by atoms with E-state index < -0.39 is 0 Å². The summed E-state index contributed by atoms with van der Waals surface area (Å²) >= 11 is 4.62. The van der Waals surface area contributed by atoms with Crippen LogP contribution in [0.25, 0.3) is 9.88 Å². The summed E-state index contributed by atoms with van der Waals surface area (Å²) in [7, 11) is 1.39. The van der Waals surface area contributed by atoms with Crippen LogP contribution in [0.1, 0.15) is 18.7 Å². The Kier molecular flexibility index (Phi) is 4.95. The zero-order chi connectivity index (χ0) is 13.8. The molecule has 0 N–H and O–H groups in total. The van der Waals surface area contributed by atoms with Crippen molar-refractivity contribution >= 4 is 40.4 Å². The van der Waals surface area contributed by atoms with E-state index in [-0.39, 0.29) is 11.2 Å². The highest BCUT2D eigenvalue weighted by Crippen LogP contribution is 2.35. The first-order valence-corrected chi connectivity index (χ1v) is 8.32. The molecule has 2 heterocycles. The van der Waals surface area contributed by atoms with Crippen LogP contribution in [-0.4, -0.2) is 28.5 Å². The van der Waals surface area contributed by atoms with E-state index in [4.69, 9.17) is 4.74 Å². The molecule has 0 spiro atoms. The van der Waals surface area contributed by atoms with Crippen molar-refractivity contribution in [1.82, 2.24) is 10.2 Å². The molecule has 1 atom stereocenters. The van der Waals surface area contributed by atoms with Crippen molar-refractivity contribution in [3.63, 3.8) is 0 Å². The van der Waals surface area contributed by atoms with Gasteiger partial charge in [-0.05, 0) is 25.5 Å². The third-order valence-corrected chi connectivity index (χ3v) is 5.92. The summed E-state index contributed by atoms with van der Waals surface area (Å²) in [4.78, 5) is 13.8. The van der Waals surface area contributed by atoms with Crippen LogP contribution in [0.3, 0.4) is 0 Å². The highest BCUT2D eigenvalue weighted by Gasteiger charge is 2.18. The van der Waals surface area contributed by atoms with Crippen molar-refractivity contribution in [3.8, 4) is 9.88 Å². The second-order valence-electron chi connectivity index (χ2n) is 3.78. The van der Waals surface area contributed by atoms with Crippen LogP contribution < -0.4 is 0 Å². The fourth-order valence-corrected chi connectivity index (χ4v) is 4.42. The van der Waals surface area contributed by atoms with Gasteiger partial charge in [0.1, 0.15) is 5.25 Å². The van der Waals surface area contributed by atoms with Crippen molar-refractivity contribution in [2.45, 2.75) is 29.9 Å². The van der Waals surface area contributed by atoms with Gasteiger partial charge in [0.15, 0.2) is 9.35 Å². The predicted octanol–water partition coefficient (Wildman–Crippen LogP) is 3.48. The molecular weight excluding hydrogens is 300 g/mol. The van der Waals surface area contributed by atoms with Crippen LogP contribution >= 0.6 is 34.4 Å². The molecule has 0 saturated carbocycles. The number of thiophene rings is 1. The van der Waals surface area contributed by atoms with Gasteiger partial charge in [-0.1, -0.05) is 30.0 Å². The van der Waals surface area contributed by atoms with Crippen LogP contribution in [0.15, 0.2) is 16.5 Å². The molecule has 0 bridgehead atoms. The minimum atomic E-state index is -0.264. The number of thioether (sulfide) groups is 1. The van der Waals surface area contributed by atoms with Gasteiger partial charge < -0.3 is 4.74 Å². The monoisotopic (exact) mass is 314 g/mol. The van der Waals surface area contributed by atoms with E-state index in [1.54, 1.807) is 18.3 Å². The first-order valence-electron chi connectivity index (χ1n) is 5.81. The molecule has 0 aliphatic rings. The number of esters is 1. The number of carbonyl (C=O) groups is 1. The van der Waals surface area contributed by atoms with Crippen LogP contribution in [0.2, 0.25) is 0 Å². The summed E-state index contributed by atoms with van der Waals surface area (Å²) in [5.41, 5.74) is 0. The summed E-state index contributed by atoms with van der Waals surface area (Å²) in [5, 5.41) is 8.94. The molecule has 0 amide bonds. The van der Waals surface area contributed by atoms with Crippen LogP contribution in [-0.2, 0) is 16.0 Å². The fourth-order valence-electron chi connectivity index (χ4n) is 1.41. The van der Waals surface area contributed by atoms with E-state index in [1.807, 2.05) is 0 Å². The third kappa shape index (κ3) is 3.55. The maximum absolute atomic E-state index is 11.4. The maximum Gasteiger partial charge on any atom is 0.318 e. The van der Waals surface area contributed by atoms with Crippen molar-refractivity contribution in [3.05, 3.63) is 17.0 Å². The van der Waals surface area contributed by atoms with Gasteiger partial charge in [0, 0.05) is 4.88 Å². The van der Waals surface area contributed by atoms with Gasteiger partial charge >= 0.3 is 5.97 Å². The summed E-state index contributed by atoms with van der Waals surface area (Å²) < 4.78 is 5.48. The van der Waals surface area contributed by atoms with E-state index in [2.05, 4.69) is 29.3 Å². The normalized spacial score (nSPS) is 12.4. The van der Waals surface area contributed by atoms with Crippen molar-refractivity contribution < 1.29 is 9.53 Å².